The van der Waals surface area contributed by atoms with Gasteiger partial charge in [-0.15, -0.1) is 0 Å². The van der Waals surface area contributed by atoms with E-state index in [4.69, 9.17) is 14.2 Å². The van der Waals surface area contributed by atoms with Crippen LogP contribution in [-0.2, 0) is 9.53 Å². The fourth-order valence-corrected chi connectivity index (χ4v) is 4.23. The second-order valence-corrected chi connectivity index (χ2v) is 7.23. The first kappa shape index (κ1) is 18.3. The number of ether oxygens (including phenoxy) is 3. The zero-order valence-corrected chi connectivity index (χ0v) is 16.6. The van der Waals surface area contributed by atoms with Gasteiger partial charge in [-0.2, -0.15) is 0 Å². The molecule has 2 heterocycles. The molecule has 6 heteroatoms. The van der Waals surface area contributed by atoms with Gasteiger partial charge in [0.05, 0.1) is 30.5 Å². The fraction of sp³-hybridized carbons (Fsp3) is 0.136. The Labute approximate surface area is 167 Å². The van der Waals surface area contributed by atoms with Gasteiger partial charge in [-0.1, -0.05) is 23.9 Å². The van der Waals surface area contributed by atoms with E-state index in [1.54, 1.807) is 26.0 Å². The van der Waals surface area contributed by atoms with Crippen molar-refractivity contribution in [3.63, 3.8) is 0 Å². The number of esters is 1. The van der Waals surface area contributed by atoms with Crippen LogP contribution in [0.4, 0.5) is 0 Å². The first-order chi connectivity index (χ1) is 13.6. The molecule has 0 N–H and O–H groups in total. The lowest BCUT2D eigenvalue weighted by Crippen LogP contribution is -2.04. The van der Waals surface area contributed by atoms with Crippen LogP contribution in [0.3, 0.4) is 0 Å². The summed E-state index contributed by atoms with van der Waals surface area (Å²) in [5.41, 5.74) is 2.72. The monoisotopic (exact) mass is 393 g/mol. The molecule has 0 saturated carbocycles. The molecule has 1 aliphatic rings. The number of aromatic nitrogens is 1. The smallest absolute Gasteiger partial charge is 0.308 e. The molecule has 0 aliphatic carbocycles. The van der Waals surface area contributed by atoms with Crippen molar-refractivity contribution in [3.8, 4) is 17.2 Å². The minimum absolute atomic E-state index is 0.363. The zero-order valence-electron chi connectivity index (χ0n) is 15.8. The lowest BCUT2D eigenvalue weighted by Gasteiger charge is -2.13. The van der Waals surface area contributed by atoms with Crippen molar-refractivity contribution in [3.05, 3.63) is 72.1 Å². The van der Waals surface area contributed by atoms with Crippen molar-refractivity contribution in [1.29, 1.82) is 0 Å². The summed E-state index contributed by atoms with van der Waals surface area (Å²) in [6.07, 6.45) is 1.95. The molecule has 0 atom stereocenters. The molecule has 1 aliphatic heterocycles. The summed E-state index contributed by atoms with van der Waals surface area (Å²) in [6.45, 7) is 1.41. The first-order valence-electron chi connectivity index (χ1n) is 8.72. The number of carbonyl (C=O) groups is 1. The van der Waals surface area contributed by atoms with Crippen LogP contribution in [0, 0.1) is 0 Å². The molecule has 1 aromatic heterocycles. The Kier molecular flexibility index (Phi) is 4.88. The van der Waals surface area contributed by atoms with Gasteiger partial charge in [-0.05, 0) is 42.0 Å². The summed E-state index contributed by atoms with van der Waals surface area (Å²) in [6, 6.07) is 17.5. The van der Waals surface area contributed by atoms with Crippen LogP contribution in [0.15, 0.2) is 65.7 Å². The summed E-state index contributed by atoms with van der Waals surface area (Å²) >= 11 is 1.56. The number of nitrogens with zero attached hydrogens (tertiary/aromatic N) is 1. The standard InChI is InChI=1S/C22H19NO4S/c1-14(24)27-21-18-5-4-12-23(18)19-13-17(26-3)10-11-20(19)28-22(21)15-6-8-16(25-2)9-7-15/h4-13H,1-3H3. The molecule has 0 fully saturated rings. The highest BCUT2D eigenvalue weighted by molar-refractivity contribution is 8.08. The van der Waals surface area contributed by atoms with Gasteiger partial charge in [0.15, 0.2) is 5.76 Å². The van der Waals surface area contributed by atoms with E-state index in [2.05, 4.69) is 0 Å². The molecule has 0 radical (unpaired) electrons. The van der Waals surface area contributed by atoms with E-state index < -0.39 is 0 Å². The Balaban J connectivity index is 1.95. The Morgan fingerprint density at radius 1 is 0.964 bits per heavy atom. The van der Waals surface area contributed by atoms with Crippen LogP contribution in [0.25, 0.3) is 16.4 Å². The third kappa shape index (κ3) is 3.27. The topological polar surface area (TPSA) is 49.7 Å². The van der Waals surface area contributed by atoms with E-state index in [1.165, 1.54) is 6.92 Å². The molecule has 0 unspecified atom stereocenters. The molecule has 2 aromatic carbocycles. The Morgan fingerprint density at radius 2 is 1.68 bits per heavy atom. The third-order valence-corrected chi connectivity index (χ3v) is 5.61. The maximum absolute atomic E-state index is 11.9. The van der Waals surface area contributed by atoms with Crippen molar-refractivity contribution in [2.45, 2.75) is 11.8 Å². The second kappa shape index (κ2) is 7.48. The highest BCUT2D eigenvalue weighted by Crippen LogP contribution is 2.47. The van der Waals surface area contributed by atoms with Crippen LogP contribution in [0.5, 0.6) is 11.5 Å². The lowest BCUT2D eigenvalue weighted by atomic mass is 10.1. The molecule has 142 valence electrons. The van der Waals surface area contributed by atoms with Crippen LogP contribution < -0.4 is 9.47 Å². The number of benzene rings is 2. The van der Waals surface area contributed by atoms with Gasteiger partial charge < -0.3 is 18.8 Å². The molecular weight excluding hydrogens is 374 g/mol. The molecule has 0 spiro atoms. The number of methoxy groups -OCH3 is 2. The molecule has 0 bridgehead atoms. The van der Waals surface area contributed by atoms with Crippen molar-refractivity contribution >= 4 is 28.4 Å². The van der Waals surface area contributed by atoms with Gasteiger partial charge in [-0.25, -0.2) is 0 Å². The van der Waals surface area contributed by atoms with Gasteiger partial charge in [0.25, 0.3) is 0 Å². The number of hydrogen-bond acceptors (Lipinski definition) is 5. The van der Waals surface area contributed by atoms with Gasteiger partial charge in [0.2, 0.25) is 0 Å². The molecule has 0 amide bonds. The van der Waals surface area contributed by atoms with E-state index in [0.29, 0.717) is 5.76 Å². The van der Waals surface area contributed by atoms with Gasteiger partial charge in [0, 0.05) is 24.1 Å². The van der Waals surface area contributed by atoms with Crippen molar-refractivity contribution in [1.82, 2.24) is 4.57 Å². The lowest BCUT2D eigenvalue weighted by molar-refractivity contribution is -0.134. The van der Waals surface area contributed by atoms with Crippen molar-refractivity contribution in [2.24, 2.45) is 0 Å². The minimum Gasteiger partial charge on any atom is -0.497 e. The van der Waals surface area contributed by atoms with E-state index in [9.17, 15) is 4.79 Å². The molecule has 28 heavy (non-hydrogen) atoms. The predicted octanol–water partition coefficient (Wildman–Crippen LogP) is 4.99. The first-order valence-corrected chi connectivity index (χ1v) is 9.53. The van der Waals surface area contributed by atoms with Crippen LogP contribution in [0.1, 0.15) is 18.2 Å². The summed E-state index contributed by atoms with van der Waals surface area (Å²) < 4.78 is 18.4. The number of hydrogen-bond donors (Lipinski definition) is 0. The van der Waals surface area contributed by atoms with E-state index in [-0.39, 0.29) is 5.97 Å². The average molecular weight is 393 g/mol. The highest BCUT2D eigenvalue weighted by Gasteiger charge is 2.25. The molecule has 5 nitrogen and oxygen atoms in total. The van der Waals surface area contributed by atoms with Gasteiger partial charge in [0.1, 0.15) is 11.5 Å². The molecular formula is C22H19NO4S. The number of thioether (sulfide) groups is 1. The largest absolute Gasteiger partial charge is 0.497 e. The number of fused-ring (bicyclic) bond motifs is 3. The maximum Gasteiger partial charge on any atom is 0.308 e. The summed E-state index contributed by atoms with van der Waals surface area (Å²) in [5, 5.41) is 0. The van der Waals surface area contributed by atoms with Crippen molar-refractivity contribution in [2.75, 3.05) is 14.2 Å². The van der Waals surface area contributed by atoms with E-state index >= 15 is 0 Å². The van der Waals surface area contributed by atoms with Gasteiger partial charge >= 0.3 is 5.97 Å². The van der Waals surface area contributed by atoms with Crippen molar-refractivity contribution < 1.29 is 19.0 Å². The molecule has 0 saturated heterocycles. The average Bonchev–Trinajstić information content (AvgIpc) is 3.16. The summed E-state index contributed by atoms with van der Waals surface area (Å²) in [5.74, 6) is 1.70. The highest BCUT2D eigenvalue weighted by atomic mass is 32.2. The molecule has 4 rings (SSSR count). The third-order valence-electron chi connectivity index (χ3n) is 4.42. The second-order valence-electron chi connectivity index (χ2n) is 6.18. The summed E-state index contributed by atoms with van der Waals surface area (Å²) in [4.78, 5) is 13.8. The SMILES string of the molecule is COc1ccc(C2=C(OC(C)=O)c3cccn3-c3cc(OC)ccc3S2)cc1. The Bertz CT molecular complexity index is 1070. The number of carbonyl (C=O) groups excluding carboxylic acids is 1. The van der Waals surface area contributed by atoms with Crippen LogP contribution in [0.2, 0.25) is 0 Å². The minimum atomic E-state index is -0.363. The molecule has 3 aromatic rings. The van der Waals surface area contributed by atoms with E-state index in [1.807, 2.05) is 65.4 Å². The number of rotatable bonds is 4. The summed E-state index contributed by atoms with van der Waals surface area (Å²) in [7, 11) is 3.28. The Morgan fingerprint density at radius 3 is 2.36 bits per heavy atom. The van der Waals surface area contributed by atoms with E-state index in [0.717, 1.165) is 38.2 Å². The quantitative estimate of drug-likeness (QED) is 0.585. The van der Waals surface area contributed by atoms with Crippen LogP contribution >= 0.6 is 11.8 Å². The Hall–Kier alpha value is -3.12. The maximum atomic E-state index is 11.9. The van der Waals surface area contributed by atoms with Gasteiger partial charge in [-0.3, -0.25) is 4.79 Å². The van der Waals surface area contributed by atoms with Crippen LogP contribution in [-0.4, -0.2) is 24.8 Å². The zero-order chi connectivity index (χ0) is 19.7. The fourth-order valence-electron chi connectivity index (χ4n) is 3.12. The normalized spacial score (nSPS) is 12.7. The predicted molar refractivity (Wildman–Crippen MR) is 110 cm³/mol.